The lowest BCUT2D eigenvalue weighted by Crippen LogP contribution is -2.10. The maximum absolute atomic E-state index is 6.23. The van der Waals surface area contributed by atoms with Crippen LogP contribution in [0.4, 0.5) is 17.1 Å². The van der Waals surface area contributed by atoms with Crippen LogP contribution in [0.3, 0.4) is 0 Å². The Morgan fingerprint density at radius 3 is 1.71 bits per heavy atom. The van der Waals surface area contributed by atoms with Gasteiger partial charge in [0.2, 0.25) is 0 Å². The first-order valence-electron chi connectivity index (χ1n) is 11.5. The number of benzene rings is 6. The van der Waals surface area contributed by atoms with Crippen LogP contribution in [-0.4, -0.2) is 0 Å². The number of nitrogens with zero attached hydrogens (tertiary/aromatic N) is 1. The summed E-state index contributed by atoms with van der Waals surface area (Å²) in [5, 5.41) is 7.16. The molecule has 0 aliphatic carbocycles. The molecule has 2 nitrogen and oxygen atoms in total. The third kappa shape index (κ3) is 2.89. The Morgan fingerprint density at radius 1 is 0.412 bits per heavy atom. The Balaban J connectivity index is 1.59. The summed E-state index contributed by atoms with van der Waals surface area (Å²) >= 11 is 0. The van der Waals surface area contributed by atoms with E-state index in [2.05, 4.69) is 120 Å². The average Bonchev–Trinajstić information content (AvgIpc) is 3.26. The standard InChI is InChI=1S/C32H21NO/c1-3-11-23(12-4-1)33(24-13-5-2-6-14-24)30-19-22-20-32-29(27-17-9-10-18-31(27)34-32)21-28(22)25-15-7-8-16-26(25)30/h1-21H. The molecule has 0 saturated carbocycles. The molecule has 0 N–H and O–H groups in total. The SMILES string of the molecule is c1ccc(N(c2ccccc2)c2cc3cc4oc5ccccc5c4cc3c3ccccc23)cc1. The van der Waals surface area contributed by atoms with Gasteiger partial charge in [-0.05, 0) is 64.7 Å². The number of furan rings is 1. The van der Waals surface area contributed by atoms with Crippen LogP contribution in [0.1, 0.15) is 0 Å². The van der Waals surface area contributed by atoms with Crippen LogP contribution in [0.2, 0.25) is 0 Å². The minimum Gasteiger partial charge on any atom is -0.456 e. The quantitative estimate of drug-likeness (QED) is 0.257. The van der Waals surface area contributed by atoms with Crippen molar-refractivity contribution in [3.05, 3.63) is 127 Å². The third-order valence-corrected chi connectivity index (χ3v) is 6.60. The zero-order valence-electron chi connectivity index (χ0n) is 18.5. The summed E-state index contributed by atoms with van der Waals surface area (Å²) in [6.07, 6.45) is 0. The number of hydrogen-bond acceptors (Lipinski definition) is 2. The largest absolute Gasteiger partial charge is 0.456 e. The fourth-order valence-corrected chi connectivity index (χ4v) is 5.07. The van der Waals surface area contributed by atoms with E-state index in [1.54, 1.807) is 0 Å². The van der Waals surface area contributed by atoms with Crippen molar-refractivity contribution in [2.45, 2.75) is 0 Å². The van der Waals surface area contributed by atoms with Gasteiger partial charge >= 0.3 is 0 Å². The fourth-order valence-electron chi connectivity index (χ4n) is 5.07. The van der Waals surface area contributed by atoms with Crippen LogP contribution in [0.15, 0.2) is 132 Å². The number of para-hydroxylation sites is 3. The Bertz CT molecular complexity index is 1760. The molecule has 1 heterocycles. The monoisotopic (exact) mass is 435 g/mol. The molecule has 0 radical (unpaired) electrons. The normalized spacial score (nSPS) is 11.5. The minimum atomic E-state index is 0.918. The molecular formula is C32H21NO. The van der Waals surface area contributed by atoms with Crippen molar-refractivity contribution in [1.82, 2.24) is 0 Å². The molecule has 6 aromatic carbocycles. The van der Waals surface area contributed by atoms with Gasteiger partial charge < -0.3 is 9.32 Å². The maximum Gasteiger partial charge on any atom is 0.136 e. The van der Waals surface area contributed by atoms with E-state index < -0.39 is 0 Å². The average molecular weight is 436 g/mol. The lowest BCUT2D eigenvalue weighted by atomic mass is 9.97. The second-order valence-electron chi connectivity index (χ2n) is 8.62. The summed E-state index contributed by atoms with van der Waals surface area (Å²) in [6, 6.07) is 44.9. The first-order chi connectivity index (χ1) is 16.9. The van der Waals surface area contributed by atoms with E-state index in [0.717, 1.165) is 44.4 Å². The lowest BCUT2D eigenvalue weighted by molar-refractivity contribution is 0.669. The molecule has 34 heavy (non-hydrogen) atoms. The van der Waals surface area contributed by atoms with Gasteiger partial charge in [0.05, 0.1) is 5.69 Å². The van der Waals surface area contributed by atoms with Gasteiger partial charge in [-0.1, -0.05) is 78.9 Å². The Labute approximate surface area is 197 Å². The Hall–Kier alpha value is -4.56. The van der Waals surface area contributed by atoms with E-state index in [-0.39, 0.29) is 0 Å². The number of hydrogen-bond donors (Lipinski definition) is 0. The van der Waals surface area contributed by atoms with Gasteiger partial charge in [0.1, 0.15) is 11.2 Å². The highest BCUT2D eigenvalue weighted by Gasteiger charge is 2.18. The van der Waals surface area contributed by atoms with E-state index in [1.165, 1.54) is 16.2 Å². The fraction of sp³-hybridized carbons (Fsp3) is 0. The Morgan fingerprint density at radius 2 is 1.00 bits per heavy atom. The van der Waals surface area contributed by atoms with E-state index in [0.29, 0.717) is 0 Å². The van der Waals surface area contributed by atoms with Crippen LogP contribution < -0.4 is 4.90 Å². The lowest BCUT2D eigenvalue weighted by Gasteiger charge is -2.27. The van der Waals surface area contributed by atoms with Crippen molar-refractivity contribution in [3.63, 3.8) is 0 Å². The molecule has 1 aromatic heterocycles. The van der Waals surface area contributed by atoms with E-state index in [9.17, 15) is 0 Å². The van der Waals surface area contributed by atoms with Gasteiger partial charge in [-0.2, -0.15) is 0 Å². The van der Waals surface area contributed by atoms with Crippen LogP contribution in [-0.2, 0) is 0 Å². The topological polar surface area (TPSA) is 16.4 Å². The highest BCUT2D eigenvalue weighted by molar-refractivity contribution is 6.19. The molecule has 0 spiro atoms. The van der Waals surface area contributed by atoms with Crippen molar-refractivity contribution in [2.75, 3.05) is 4.90 Å². The van der Waals surface area contributed by atoms with Crippen molar-refractivity contribution in [3.8, 4) is 0 Å². The van der Waals surface area contributed by atoms with E-state index in [4.69, 9.17) is 4.42 Å². The number of rotatable bonds is 3. The summed E-state index contributed by atoms with van der Waals surface area (Å²) in [4.78, 5) is 2.34. The molecule has 0 bridgehead atoms. The summed E-state index contributed by atoms with van der Waals surface area (Å²) < 4.78 is 6.23. The van der Waals surface area contributed by atoms with E-state index >= 15 is 0 Å². The maximum atomic E-state index is 6.23. The molecule has 0 aliphatic rings. The molecule has 0 saturated heterocycles. The van der Waals surface area contributed by atoms with Crippen LogP contribution in [0.25, 0.3) is 43.5 Å². The molecule has 7 aromatic rings. The van der Waals surface area contributed by atoms with Gasteiger partial charge in [0.25, 0.3) is 0 Å². The minimum absolute atomic E-state index is 0.918. The second-order valence-corrected chi connectivity index (χ2v) is 8.62. The Kier molecular flexibility index (Phi) is 4.18. The zero-order valence-corrected chi connectivity index (χ0v) is 18.5. The molecule has 0 atom stereocenters. The van der Waals surface area contributed by atoms with Crippen molar-refractivity contribution in [2.24, 2.45) is 0 Å². The van der Waals surface area contributed by atoms with Crippen molar-refractivity contribution < 1.29 is 4.42 Å². The molecular weight excluding hydrogens is 414 g/mol. The number of anilines is 3. The molecule has 160 valence electrons. The summed E-state index contributed by atoms with van der Waals surface area (Å²) in [6.45, 7) is 0. The first kappa shape index (κ1) is 19.0. The van der Waals surface area contributed by atoms with Crippen LogP contribution >= 0.6 is 0 Å². The van der Waals surface area contributed by atoms with Gasteiger partial charge in [-0.15, -0.1) is 0 Å². The highest BCUT2D eigenvalue weighted by Crippen LogP contribution is 2.43. The van der Waals surface area contributed by atoms with Gasteiger partial charge in [0.15, 0.2) is 0 Å². The molecule has 0 amide bonds. The summed E-state index contributed by atoms with van der Waals surface area (Å²) in [5.74, 6) is 0. The molecule has 0 unspecified atom stereocenters. The van der Waals surface area contributed by atoms with Gasteiger partial charge in [-0.25, -0.2) is 0 Å². The molecule has 7 rings (SSSR count). The number of fused-ring (bicyclic) bond motifs is 6. The van der Waals surface area contributed by atoms with E-state index in [1.807, 2.05) is 12.1 Å². The highest BCUT2D eigenvalue weighted by atomic mass is 16.3. The third-order valence-electron chi connectivity index (χ3n) is 6.60. The summed E-state index contributed by atoms with van der Waals surface area (Å²) in [5.41, 5.74) is 5.25. The van der Waals surface area contributed by atoms with Crippen LogP contribution in [0.5, 0.6) is 0 Å². The first-order valence-corrected chi connectivity index (χ1v) is 11.5. The van der Waals surface area contributed by atoms with Crippen LogP contribution in [0, 0.1) is 0 Å². The predicted octanol–water partition coefficient (Wildman–Crippen LogP) is 9.36. The van der Waals surface area contributed by atoms with Crippen molar-refractivity contribution in [1.29, 1.82) is 0 Å². The molecule has 0 fully saturated rings. The summed E-state index contributed by atoms with van der Waals surface area (Å²) in [7, 11) is 0. The smallest absolute Gasteiger partial charge is 0.136 e. The predicted molar refractivity (Wildman–Crippen MR) is 143 cm³/mol. The van der Waals surface area contributed by atoms with Gasteiger partial charge in [-0.3, -0.25) is 0 Å². The molecule has 2 heteroatoms. The second kappa shape index (κ2) is 7.50. The molecule has 0 aliphatic heterocycles. The zero-order chi connectivity index (χ0) is 22.5. The van der Waals surface area contributed by atoms with Crippen molar-refractivity contribution >= 4 is 60.5 Å². The van der Waals surface area contributed by atoms with Gasteiger partial charge in [0, 0.05) is 27.5 Å².